The quantitative estimate of drug-likeness (QED) is 0.726. The molecule has 106 valence electrons. The fraction of sp³-hybridized carbons (Fsp3) is 0.333. The molecule has 0 bridgehead atoms. The van der Waals surface area contributed by atoms with Crippen molar-refractivity contribution in [3.63, 3.8) is 0 Å². The average Bonchev–Trinajstić information content (AvgIpc) is 2.98. The van der Waals surface area contributed by atoms with Gasteiger partial charge in [0.1, 0.15) is 12.0 Å². The Balaban J connectivity index is 2.27. The highest BCUT2D eigenvalue weighted by molar-refractivity contribution is 6.06. The fourth-order valence-electron chi connectivity index (χ4n) is 1.92. The molecule has 0 atom stereocenters. The maximum atomic E-state index is 12.1. The summed E-state index contributed by atoms with van der Waals surface area (Å²) in [4.78, 5) is 30.6. The van der Waals surface area contributed by atoms with Crippen LogP contribution in [0.15, 0.2) is 6.33 Å². The number of hydrogen-bond donors (Lipinski definition) is 3. The molecule has 0 aliphatic rings. The zero-order valence-electron chi connectivity index (χ0n) is 11.4. The molecular weight excluding hydrogens is 262 g/mol. The number of aromatic nitrogens is 4. The van der Waals surface area contributed by atoms with E-state index < -0.39 is 11.9 Å². The summed E-state index contributed by atoms with van der Waals surface area (Å²) < 4.78 is 4.97. The molecule has 2 rings (SSSR count). The van der Waals surface area contributed by atoms with E-state index in [1.165, 1.54) is 6.33 Å². The first kappa shape index (κ1) is 13.8. The Morgan fingerprint density at radius 3 is 2.75 bits per heavy atom. The van der Waals surface area contributed by atoms with Crippen LogP contribution in [0.5, 0.6) is 0 Å². The number of amides is 1. The molecule has 2 heterocycles. The number of ether oxygens (including phenoxy) is 1. The molecular formula is C12H15N5O3. The number of hydrogen-bond acceptors (Lipinski definition) is 5. The monoisotopic (exact) mass is 277 g/mol. The first-order valence-electron chi connectivity index (χ1n) is 6.07. The van der Waals surface area contributed by atoms with Crippen molar-refractivity contribution < 1.29 is 14.3 Å². The van der Waals surface area contributed by atoms with Gasteiger partial charge in [-0.2, -0.15) is 10.1 Å². The topological polar surface area (TPSA) is 113 Å². The molecule has 8 heteroatoms. The van der Waals surface area contributed by atoms with Crippen LogP contribution < -0.4 is 5.32 Å². The van der Waals surface area contributed by atoms with Gasteiger partial charge in [-0.25, -0.2) is 9.89 Å². The van der Waals surface area contributed by atoms with Crippen molar-refractivity contribution >= 4 is 17.8 Å². The normalized spacial score (nSPS) is 10.3. The third-order valence-electron chi connectivity index (χ3n) is 2.79. The first-order valence-corrected chi connectivity index (χ1v) is 6.07. The lowest BCUT2D eigenvalue weighted by molar-refractivity contribution is 0.0525. The predicted octanol–water partition coefficient (Wildman–Crippen LogP) is 1.18. The number of carbonyl (C=O) groups excluding carboxylic acids is 2. The van der Waals surface area contributed by atoms with Crippen molar-refractivity contribution in [2.24, 2.45) is 0 Å². The van der Waals surface area contributed by atoms with Crippen molar-refractivity contribution in [3.05, 3.63) is 28.8 Å². The van der Waals surface area contributed by atoms with Gasteiger partial charge in [0.05, 0.1) is 12.2 Å². The third-order valence-corrected chi connectivity index (χ3v) is 2.79. The van der Waals surface area contributed by atoms with Crippen LogP contribution in [0.2, 0.25) is 0 Å². The van der Waals surface area contributed by atoms with Crippen LogP contribution in [0, 0.1) is 13.8 Å². The molecule has 0 radical (unpaired) electrons. The Labute approximate surface area is 114 Å². The summed E-state index contributed by atoms with van der Waals surface area (Å²) in [6, 6.07) is 0. The highest BCUT2D eigenvalue weighted by Gasteiger charge is 2.23. The number of nitrogens with one attached hydrogen (secondary N) is 3. The lowest BCUT2D eigenvalue weighted by Crippen LogP contribution is -2.15. The van der Waals surface area contributed by atoms with Crippen LogP contribution in [0.25, 0.3) is 0 Å². The predicted molar refractivity (Wildman–Crippen MR) is 70.6 cm³/mol. The lowest BCUT2D eigenvalue weighted by atomic mass is 10.1. The molecule has 2 aromatic rings. The van der Waals surface area contributed by atoms with Crippen LogP contribution in [-0.2, 0) is 4.74 Å². The van der Waals surface area contributed by atoms with Gasteiger partial charge in [-0.05, 0) is 26.3 Å². The minimum absolute atomic E-state index is 0.235. The third kappa shape index (κ3) is 2.53. The van der Waals surface area contributed by atoms with Gasteiger partial charge in [-0.15, -0.1) is 0 Å². The van der Waals surface area contributed by atoms with Crippen molar-refractivity contribution in [1.29, 1.82) is 0 Å². The molecule has 2 aromatic heterocycles. The second-order valence-electron chi connectivity index (χ2n) is 4.13. The number of esters is 1. The van der Waals surface area contributed by atoms with Gasteiger partial charge in [0.25, 0.3) is 5.91 Å². The second-order valence-corrected chi connectivity index (χ2v) is 4.13. The molecule has 1 amide bonds. The van der Waals surface area contributed by atoms with Gasteiger partial charge >= 0.3 is 5.97 Å². The summed E-state index contributed by atoms with van der Waals surface area (Å²) in [5.74, 6) is -0.616. The van der Waals surface area contributed by atoms with Gasteiger partial charge in [0.2, 0.25) is 5.95 Å². The number of aryl methyl sites for hydroxylation is 1. The van der Waals surface area contributed by atoms with Crippen LogP contribution in [0.4, 0.5) is 5.95 Å². The zero-order valence-corrected chi connectivity index (χ0v) is 11.4. The average molecular weight is 277 g/mol. The van der Waals surface area contributed by atoms with Crippen LogP contribution in [-0.4, -0.2) is 38.6 Å². The summed E-state index contributed by atoms with van der Waals surface area (Å²) >= 11 is 0. The summed E-state index contributed by atoms with van der Waals surface area (Å²) in [6.45, 7) is 5.41. The molecule has 0 fully saturated rings. The summed E-state index contributed by atoms with van der Waals surface area (Å²) in [5.41, 5.74) is 1.80. The van der Waals surface area contributed by atoms with Crippen LogP contribution in [0.1, 0.15) is 39.0 Å². The van der Waals surface area contributed by atoms with Crippen LogP contribution in [0.3, 0.4) is 0 Å². The molecule has 0 saturated heterocycles. The highest BCUT2D eigenvalue weighted by atomic mass is 16.5. The molecule has 8 nitrogen and oxygen atoms in total. The van der Waals surface area contributed by atoms with Crippen LogP contribution >= 0.6 is 0 Å². The number of aromatic amines is 2. The largest absolute Gasteiger partial charge is 0.462 e. The molecule has 3 N–H and O–H groups in total. The minimum atomic E-state index is -0.447. The minimum Gasteiger partial charge on any atom is -0.462 e. The Hall–Kier alpha value is -2.64. The van der Waals surface area contributed by atoms with E-state index in [1.54, 1.807) is 20.8 Å². The zero-order chi connectivity index (χ0) is 14.7. The number of carbonyl (C=O) groups is 2. The fourth-order valence-corrected chi connectivity index (χ4v) is 1.92. The van der Waals surface area contributed by atoms with Gasteiger partial charge in [-0.1, -0.05) is 0 Å². The lowest BCUT2D eigenvalue weighted by Gasteiger charge is -2.03. The molecule has 0 aromatic carbocycles. The number of rotatable bonds is 4. The molecule has 0 spiro atoms. The van der Waals surface area contributed by atoms with Gasteiger partial charge < -0.3 is 9.72 Å². The van der Waals surface area contributed by atoms with Gasteiger partial charge in [-0.3, -0.25) is 10.1 Å². The van der Waals surface area contributed by atoms with E-state index in [2.05, 4.69) is 25.5 Å². The molecule has 20 heavy (non-hydrogen) atoms. The van der Waals surface area contributed by atoms with Crippen molar-refractivity contribution in [2.45, 2.75) is 20.8 Å². The standard InChI is InChI=1S/C12H15N5O3/c1-4-20-11(19)8-6(2)9(15-7(8)3)10(18)16-12-13-5-14-17-12/h5,15H,4H2,1-3H3,(H2,13,14,16,17,18). The second kappa shape index (κ2) is 5.55. The molecule has 0 unspecified atom stereocenters. The van der Waals surface area contributed by atoms with E-state index in [1.807, 2.05) is 0 Å². The van der Waals surface area contributed by atoms with E-state index in [0.717, 1.165) is 0 Å². The summed E-state index contributed by atoms with van der Waals surface area (Å²) in [6.07, 6.45) is 1.28. The van der Waals surface area contributed by atoms with E-state index in [4.69, 9.17) is 4.74 Å². The number of H-pyrrole nitrogens is 2. The summed E-state index contributed by atoms with van der Waals surface area (Å²) in [7, 11) is 0. The Kier molecular flexibility index (Phi) is 3.83. The first-order chi connectivity index (χ1) is 9.54. The SMILES string of the molecule is CCOC(=O)c1c(C)[nH]c(C(=O)Nc2ncn[nH]2)c1C. The molecule has 0 aliphatic carbocycles. The van der Waals surface area contributed by atoms with E-state index in [9.17, 15) is 9.59 Å². The van der Waals surface area contributed by atoms with Crippen molar-refractivity contribution in [1.82, 2.24) is 20.2 Å². The maximum absolute atomic E-state index is 12.1. The summed E-state index contributed by atoms with van der Waals surface area (Å²) in [5, 5.41) is 8.69. The van der Waals surface area contributed by atoms with E-state index in [0.29, 0.717) is 22.5 Å². The van der Waals surface area contributed by atoms with Gasteiger partial charge in [0.15, 0.2) is 0 Å². The highest BCUT2D eigenvalue weighted by Crippen LogP contribution is 2.19. The molecule has 0 aliphatic heterocycles. The number of nitrogens with zero attached hydrogens (tertiary/aromatic N) is 2. The Morgan fingerprint density at radius 2 is 2.15 bits per heavy atom. The maximum Gasteiger partial charge on any atom is 0.340 e. The Bertz CT molecular complexity index is 630. The smallest absolute Gasteiger partial charge is 0.340 e. The van der Waals surface area contributed by atoms with E-state index in [-0.39, 0.29) is 12.6 Å². The number of anilines is 1. The molecule has 0 saturated carbocycles. The van der Waals surface area contributed by atoms with Crippen molar-refractivity contribution in [3.8, 4) is 0 Å². The van der Waals surface area contributed by atoms with Crippen molar-refractivity contribution in [2.75, 3.05) is 11.9 Å². The van der Waals surface area contributed by atoms with Gasteiger partial charge in [0, 0.05) is 5.69 Å². The van der Waals surface area contributed by atoms with E-state index >= 15 is 0 Å². The Morgan fingerprint density at radius 1 is 1.40 bits per heavy atom.